The van der Waals surface area contributed by atoms with Gasteiger partial charge in [-0.15, -0.1) is 0 Å². The van der Waals surface area contributed by atoms with E-state index >= 15 is 0 Å². The van der Waals surface area contributed by atoms with E-state index in [1.165, 1.54) is 0 Å². The molecular formula is C16H14F2N2O. The summed E-state index contributed by atoms with van der Waals surface area (Å²) in [5.41, 5.74) is 1.59. The lowest BCUT2D eigenvalue weighted by Crippen LogP contribution is -2.31. The lowest BCUT2D eigenvalue weighted by molar-refractivity contribution is 0.0986. The predicted octanol–water partition coefficient (Wildman–Crippen LogP) is 3.43. The molecule has 0 spiro atoms. The van der Waals surface area contributed by atoms with Crippen LogP contribution in [-0.4, -0.2) is 19.0 Å². The van der Waals surface area contributed by atoms with Gasteiger partial charge in [0.2, 0.25) is 0 Å². The molecular weight excluding hydrogens is 274 g/mol. The third kappa shape index (κ3) is 2.72. The van der Waals surface area contributed by atoms with Gasteiger partial charge >= 0.3 is 0 Å². The molecule has 0 radical (unpaired) electrons. The average Bonchev–Trinajstić information content (AvgIpc) is 2.68. The predicted molar refractivity (Wildman–Crippen MR) is 77.6 cm³/mol. The molecule has 0 fully saturated rings. The van der Waals surface area contributed by atoms with Gasteiger partial charge in [0, 0.05) is 24.7 Å². The Morgan fingerprint density at radius 1 is 1.10 bits per heavy atom. The molecule has 1 amide bonds. The summed E-state index contributed by atoms with van der Waals surface area (Å²) in [5.74, 6) is -1.90. The molecule has 21 heavy (non-hydrogen) atoms. The van der Waals surface area contributed by atoms with E-state index in [1.54, 1.807) is 4.90 Å². The fraction of sp³-hybridized carbons (Fsp3) is 0.188. The minimum absolute atomic E-state index is 0.0178. The molecule has 108 valence electrons. The summed E-state index contributed by atoms with van der Waals surface area (Å²) in [7, 11) is 0. The minimum atomic E-state index is -0.750. The fourth-order valence-corrected chi connectivity index (χ4v) is 2.48. The van der Waals surface area contributed by atoms with Gasteiger partial charge in [-0.25, -0.2) is 8.78 Å². The summed E-state index contributed by atoms with van der Waals surface area (Å²) in [5, 5.41) is 3.24. The maximum atomic E-state index is 13.3. The van der Waals surface area contributed by atoms with Crippen LogP contribution in [0.2, 0.25) is 0 Å². The first-order chi connectivity index (χ1) is 10.1. The third-order valence-corrected chi connectivity index (χ3v) is 3.42. The number of para-hydroxylation sites is 2. The van der Waals surface area contributed by atoms with Crippen molar-refractivity contribution >= 4 is 17.3 Å². The van der Waals surface area contributed by atoms with E-state index in [9.17, 15) is 13.6 Å². The normalized spacial score (nSPS) is 14.1. The SMILES string of the molecule is O=C(c1cc(F)cc(F)c1)N1CCCNc2ccccc21. The second-order valence-corrected chi connectivity index (χ2v) is 4.91. The van der Waals surface area contributed by atoms with Gasteiger partial charge in [-0.05, 0) is 30.7 Å². The molecule has 1 heterocycles. The van der Waals surface area contributed by atoms with Crippen molar-refractivity contribution in [3.05, 3.63) is 59.7 Å². The molecule has 1 N–H and O–H groups in total. The first-order valence-electron chi connectivity index (χ1n) is 6.76. The molecule has 1 aliphatic heterocycles. The van der Waals surface area contributed by atoms with E-state index in [0.717, 1.165) is 42.5 Å². The Morgan fingerprint density at radius 2 is 1.81 bits per heavy atom. The first kappa shape index (κ1) is 13.5. The number of carbonyl (C=O) groups is 1. The lowest BCUT2D eigenvalue weighted by atomic mass is 10.1. The van der Waals surface area contributed by atoms with Crippen molar-refractivity contribution in [3.8, 4) is 0 Å². The van der Waals surface area contributed by atoms with Gasteiger partial charge in [-0.3, -0.25) is 4.79 Å². The molecule has 0 unspecified atom stereocenters. The molecule has 0 atom stereocenters. The van der Waals surface area contributed by atoms with E-state index in [0.29, 0.717) is 6.54 Å². The second-order valence-electron chi connectivity index (χ2n) is 4.91. The lowest BCUT2D eigenvalue weighted by Gasteiger charge is -2.22. The number of benzene rings is 2. The zero-order valence-electron chi connectivity index (χ0n) is 11.3. The number of rotatable bonds is 1. The molecule has 0 aromatic heterocycles. The van der Waals surface area contributed by atoms with Crippen LogP contribution in [-0.2, 0) is 0 Å². The van der Waals surface area contributed by atoms with Crippen molar-refractivity contribution in [1.82, 2.24) is 0 Å². The van der Waals surface area contributed by atoms with Crippen LogP contribution in [0.25, 0.3) is 0 Å². The number of hydrogen-bond acceptors (Lipinski definition) is 2. The molecule has 5 heteroatoms. The Labute approximate surface area is 121 Å². The Bertz CT molecular complexity index is 667. The highest BCUT2D eigenvalue weighted by atomic mass is 19.1. The highest BCUT2D eigenvalue weighted by Gasteiger charge is 2.22. The summed E-state index contributed by atoms with van der Waals surface area (Å²) in [6.45, 7) is 1.25. The van der Waals surface area contributed by atoms with Crippen LogP contribution in [0, 0.1) is 11.6 Å². The van der Waals surface area contributed by atoms with Crippen LogP contribution in [0.1, 0.15) is 16.8 Å². The van der Waals surface area contributed by atoms with Crippen LogP contribution in [0.5, 0.6) is 0 Å². The Morgan fingerprint density at radius 3 is 2.57 bits per heavy atom. The molecule has 1 aliphatic rings. The number of carbonyl (C=O) groups excluding carboxylic acids is 1. The largest absolute Gasteiger partial charge is 0.383 e. The minimum Gasteiger partial charge on any atom is -0.383 e. The Kier molecular flexibility index (Phi) is 3.56. The van der Waals surface area contributed by atoms with Crippen LogP contribution in [0.4, 0.5) is 20.2 Å². The standard InChI is InChI=1S/C16H14F2N2O/c17-12-8-11(9-13(18)10-12)16(21)20-7-3-6-19-14-4-1-2-5-15(14)20/h1-2,4-5,8-10,19H,3,6-7H2. The van der Waals surface area contributed by atoms with Crippen molar-refractivity contribution in [3.63, 3.8) is 0 Å². The van der Waals surface area contributed by atoms with Crippen LogP contribution in [0.15, 0.2) is 42.5 Å². The Balaban J connectivity index is 2.01. The number of fused-ring (bicyclic) bond motifs is 1. The summed E-state index contributed by atoms with van der Waals surface area (Å²) >= 11 is 0. The monoisotopic (exact) mass is 288 g/mol. The molecule has 3 nitrogen and oxygen atoms in total. The summed E-state index contributed by atoms with van der Waals surface area (Å²) in [4.78, 5) is 14.1. The summed E-state index contributed by atoms with van der Waals surface area (Å²) < 4.78 is 26.6. The van der Waals surface area contributed by atoms with Crippen molar-refractivity contribution in [2.24, 2.45) is 0 Å². The van der Waals surface area contributed by atoms with E-state index < -0.39 is 17.5 Å². The van der Waals surface area contributed by atoms with Crippen LogP contribution in [0.3, 0.4) is 0 Å². The number of hydrogen-bond donors (Lipinski definition) is 1. The topological polar surface area (TPSA) is 32.3 Å². The molecule has 0 bridgehead atoms. The molecule has 0 aliphatic carbocycles. The molecule has 3 rings (SSSR count). The maximum absolute atomic E-state index is 13.3. The van der Waals surface area contributed by atoms with Crippen LogP contribution >= 0.6 is 0 Å². The van der Waals surface area contributed by atoms with Crippen molar-refractivity contribution in [2.75, 3.05) is 23.3 Å². The van der Waals surface area contributed by atoms with E-state index in [2.05, 4.69) is 5.32 Å². The zero-order chi connectivity index (χ0) is 14.8. The van der Waals surface area contributed by atoms with Gasteiger partial charge in [0.1, 0.15) is 11.6 Å². The highest BCUT2D eigenvalue weighted by molar-refractivity contribution is 6.07. The second kappa shape index (κ2) is 5.52. The number of nitrogens with zero attached hydrogens (tertiary/aromatic N) is 1. The molecule has 0 saturated heterocycles. The first-order valence-corrected chi connectivity index (χ1v) is 6.76. The van der Waals surface area contributed by atoms with Gasteiger partial charge in [0.15, 0.2) is 0 Å². The van der Waals surface area contributed by atoms with E-state index in [4.69, 9.17) is 0 Å². The third-order valence-electron chi connectivity index (χ3n) is 3.42. The zero-order valence-corrected chi connectivity index (χ0v) is 11.3. The molecule has 2 aromatic carbocycles. The average molecular weight is 288 g/mol. The molecule has 0 saturated carbocycles. The van der Waals surface area contributed by atoms with Crippen LogP contribution < -0.4 is 10.2 Å². The smallest absolute Gasteiger partial charge is 0.258 e. The molecule has 2 aromatic rings. The van der Waals surface area contributed by atoms with Crippen molar-refractivity contribution < 1.29 is 13.6 Å². The van der Waals surface area contributed by atoms with Gasteiger partial charge in [-0.2, -0.15) is 0 Å². The fourth-order valence-electron chi connectivity index (χ4n) is 2.48. The van der Waals surface area contributed by atoms with Crippen molar-refractivity contribution in [2.45, 2.75) is 6.42 Å². The number of halogens is 2. The van der Waals surface area contributed by atoms with Gasteiger partial charge in [0.05, 0.1) is 11.4 Å². The summed E-state index contributed by atoms with van der Waals surface area (Å²) in [6, 6.07) is 10.3. The number of amides is 1. The number of nitrogens with one attached hydrogen (secondary N) is 1. The van der Waals surface area contributed by atoms with E-state index in [1.807, 2.05) is 24.3 Å². The van der Waals surface area contributed by atoms with Gasteiger partial charge in [-0.1, -0.05) is 12.1 Å². The van der Waals surface area contributed by atoms with Gasteiger partial charge in [0.25, 0.3) is 5.91 Å². The highest BCUT2D eigenvalue weighted by Crippen LogP contribution is 2.29. The van der Waals surface area contributed by atoms with E-state index in [-0.39, 0.29) is 5.56 Å². The van der Waals surface area contributed by atoms with Crippen molar-refractivity contribution in [1.29, 1.82) is 0 Å². The summed E-state index contributed by atoms with van der Waals surface area (Å²) in [6.07, 6.45) is 0.762. The Hall–Kier alpha value is -2.43. The van der Waals surface area contributed by atoms with Gasteiger partial charge < -0.3 is 10.2 Å². The maximum Gasteiger partial charge on any atom is 0.258 e. The number of anilines is 2. The quantitative estimate of drug-likeness (QED) is 0.872.